The zero-order chi connectivity index (χ0) is 25.4. The van der Waals surface area contributed by atoms with Crippen molar-refractivity contribution >= 4 is 41.2 Å². The number of ether oxygens (including phenoxy) is 1. The number of epoxide rings is 1. The number of hydrogen-bond acceptors (Lipinski definition) is 6. The van der Waals surface area contributed by atoms with Gasteiger partial charge in [-0.3, -0.25) is 4.79 Å². The van der Waals surface area contributed by atoms with Gasteiger partial charge in [0.2, 0.25) is 0 Å². The summed E-state index contributed by atoms with van der Waals surface area (Å²) in [6.45, 7) is 13.2. The highest BCUT2D eigenvalue weighted by molar-refractivity contribution is 7.93. The Morgan fingerprint density at radius 3 is 2.49 bits per heavy atom. The summed E-state index contributed by atoms with van der Waals surface area (Å²) in [6, 6.07) is 5.24. The van der Waals surface area contributed by atoms with Gasteiger partial charge in [0.25, 0.3) is 5.91 Å². The minimum atomic E-state index is -3.96. The van der Waals surface area contributed by atoms with Crippen LogP contribution in [0.1, 0.15) is 60.8 Å². The van der Waals surface area contributed by atoms with Crippen LogP contribution >= 0.6 is 8.58 Å². The van der Waals surface area contributed by atoms with Gasteiger partial charge in [0.05, 0.1) is 34.5 Å². The van der Waals surface area contributed by atoms with E-state index < -0.39 is 20.5 Å². The van der Waals surface area contributed by atoms with Crippen molar-refractivity contribution in [1.82, 2.24) is 0 Å². The minimum absolute atomic E-state index is 0.127. The monoisotopic (exact) mass is 517 g/mol. The fraction of sp³-hybridized carbons (Fsp3) is 0.615. The van der Waals surface area contributed by atoms with E-state index in [1.165, 1.54) is 26.7 Å². The first-order valence-electron chi connectivity index (χ1n) is 12.4. The molecule has 2 fully saturated rings. The number of amides is 1. The summed E-state index contributed by atoms with van der Waals surface area (Å²) < 4.78 is 31.0. The van der Waals surface area contributed by atoms with Gasteiger partial charge < -0.3 is 15.0 Å². The first kappa shape index (κ1) is 24.9. The third-order valence-electron chi connectivity index (χ3n) is 7.34. The highest BCUT2D eigenvalue weighted by atomic mass is 32.2. The van der Waals surface area contributed by atoms with Gasteiger partial charge in [-0.05, 0) is 89.5 Å². The molecule has 35 heavy (non-hydrogen) atoms. The van der Waals surface area contributed by atoms with Gasteiger partial charge in [-0.15, -0.1) is 0 Å². The van der Waals surface area contributed by atoms with Crippen LogP contribution in [-0.4, -0.2) is 49.4 Å². The molecule has 0 spiro atoms. The van der Waals surface area contributed by atoms with Crippen molar-refractivity contribution in [2.75, 3.05) is 23.4 Å². The lowest BCUT2D eigenvalue weighted by Crippen LogP contribution is -2.40. The Morgan fingerprint density at radius 2 is 1.91 bits per heavy atom. The van der Waals surface area contributed by atoms with Crippen LogP contribution in [0.5, 0.6) is 0 Å². The van der Waals surface area contributed by atoms with Gasteiger partial charge >= 0.3 is 0 Å². The zero-order valence-electron chi connectivity index (χ0n) is 21.4. The molecule has 0 aromatic heterocycles. The molecule has 4 aliphatic rings. The van der Waals surface area contributed by atoms with Crippen molar-refractivity contribution in [2.24, 2.45) is 16.3 Å². The standard InChI is InChI=1S/C26H36N3O4PS/c1-24(2,3)13-21-27-18-11-17(9-10-19(18)29(21)14-16-7-8-16)35(31,32)25(4,5)23(30)28-22-12-20(34-22)26(6)15-33-26/h9-12,16,21,27,34H,7-8,13-15H2,1-6H3. The summed E-state index contributed by atoms with van der Waals surface area (Å²) in [5.74, 6) is 0.0757. The molecular weight excluding hydrogens is 481 g/mol. The van der Waals surface area contributed by atoms with Crippen LogP contribution < -0.4 is 10.2 Å². The second-order valence-electron chi connectivity index (χ2n) is 12.2. The van der Waals surface area contributed by atoms with E-state index in [0.717, 1.165) is 29.7 Å². The summed E-state index contributed by atoms with van der Waals surface area (Å²) in [4.78, 5) is 19.7. The van der Waals surface area contributed by atoms with Gasteiger partial charge in [-0.25, -0.2) is 13.4 Å². The Hall–Kier alpha value is -1.76. The van der Waals surface area contributed by atoms with Gasteiger partial charge in [-0.1, -0.05) is 20.8 Å². The van der Waals surface area contributed by atoms with Crippen LogP contribution in [0.25, 0.3) is 0 Å². The molecule has 3 aliphatic heterocycles. The molecule has 3 atom stereocenters. The summed E-state index contributed by atoms with van der Waals surface area (Å²) in [6.07, 6.45) is 5.43. The topological polar surface area (TPSA) is 91.4 Å². The predicted octanol–water partition coefficient (Wildman–Crippen LogP) is 4.93. The largest absolute Gasteiger partial charge is 0.365 e. The van der Waals surface area contributed by atoms with E-state index in [4.69, 9.17) is 4.74 Å². The maximum absolute atomic E-state index is 13.6. The van der Waals surface area contributed by atoms with E-state index in [2.05, 4.69) is 36.0 Å². The van der Waals surface area contributed by atoms with E-state index in [-0.39, 0.29) is 22.1 Å². The lowest BCUT2D eigenvalue weighted by atomic mass is 9.90. The van der Waals surface area contributed by atoms with Crippen molar-refractivity contribution in [1.29, 1.82) is 0 Å². The fourth-order valence-electron chi connectivity index (χ4n) is 4.55. The molecule has 1 N–H and O–H groups in total. The highest BCUT2D eigenvalue weighted by Crippen LogP contribution is 2.51. The van der Waals surface area contributed by atoms with E-state index in [1.807, 2.05) is 19.1 Å². The van der Waals surface area contributed by atoms with E-state index in [9.17, 15) is 13.2 Å². The number of nitrogens with zero attached hydrogens (tertiary/aromatic N) is 2. The average Bonchev–Trinajstić information content (AvgIpc) is 3.64. The van der Waals surface area contributed by atoms with Crippen molar-refractivity contribution in [3.8, 4) is 0 Å². The minimum Gasteiger partial charge on any atom is -0.365 e. The number of nitrogens with one attached hydrogen (secondary N) is 1. The third-order valence-corrected chi connectivity index (χ3v) is 11.2. The van der Waals surface area contributed by atoms with Gasteiger partial charge in [0.1, 0.15) is 5.60 Å². The summed E-state index contributed by atoms with van der Waals surface area (Å²) >= 11 is 0. The molecule has 1 aliphatic carbocycles. The quantitative estimate of drug-likeness (QED) is 0.407. The van der Waals surface area contributed by atoms with Crippen LogP contribution in [0.4, 0.5) is 11.4 Å². The van der Waals surface area contributed by atoms with Crippen LogP contribution in [-0.2, 0) is 19.4 Å². The highest BCUT2D eigenvalue weighted by Gasteiger charge is 2.48. The molecule has 9 heteroatoms. The van der Waals surface area contributed by atoms with Crippen molar-refractivity contribution in [3.05, 3.63) is 29.6 Å². The summed E-state index contributed by atoms with van der Waals surface area (Å²) in [7, 11) is -3.67. The number of fused-ring (bicyclic) bond motifs is 1. The molecule has 0 radical (unpaired) electrons. The fourth-order valence-corrected chi connectivity index (χ4v) is 6.98. The predicted molar refractivity (Wildman–Crippen MR) is 142 cm³/mol. The molecule has 190 valence electrons. The maximum atomic E-state index is 13.6. The number of rotatable bonds is 7. The number of sulfone groups is 1. The molecular formula is C26H36N3O4PS. The Labute approximate surface area is 210 Å². The van der Waals surface area contributed by atoms with Crippen LogP contribution in [0.2, 0.25) is 0 Å². The number of allylic oxidation sites excluding steroid dienone is 1. The smallest absolute Gasteiger partial charge is 0.267 e. The van der Waals surface area contributed by atoms with E-state index >= 15 is 0 Å². The van der Waals surface area contributed by atoms with Crippen LogP contribution in [0.3, 0.4) is 0 Å². The average molecular weight is 518 g/mol. The van der Waals surface area contributed by atoms with Crippen LogP contribution in [0.15, 0.2) is 39.5 Å². The van der Waals surface area contributed by atoms with Gasteiger partial charge in [0.15, 0.2) is 14.6 Å². The second kappa shape index (κ2) is 8.12. The number of carbonyl (C=O) groups is 1. The molecule has 1 saturated heterocycles. The summed E-state index contributed by atoms with van der Waals surface area (Å²) in [5, 5.41) is 4.71. The maximum Gasteiger partial charge on any atom is 0.267 e. The first-order valence-corrected chi connectivity index (χ1v) is 14.9. The molecule has 1 saturated carbocycles. The van der Waals surface area contributed by atoms with Gasteiger partial charge in [-0.2, -0.15) is 0 Å². The third kappa shape index (κ3) is 4.70. The Kier molecular flexibility index (Phi) is 5.78. The number of aliphatic imine (C=N–C) groups is 1. The SMILES string of the molecule is CC(C)(C)CC1Nc2cc(S(=O)(=O)C(C)(C)C(=O)N=C3C=C(C4(C)CO4)P3)ccc2N1CC1CC1. The number of carbonyl (C=O) groups excluding carboxylic acids is 1. The number of benzene rings is 1. The van der Waals surface area contributed by atoms with Crippen LogP contribution in [0, 0.1) is 11.3 Å². The molecule has 3 unspecified atom stereocenters. The molecule has 1 aromatic carbocycles. The molecule has 0 bridgehead atoms. The van der Waals surface area contributed by atoms with Gasteiger partial charge in [0, 0.05) is 6.54 Å². The zero-order valence-corrected chi connectivity index (χ0v) is 23.3. The molecule has 1 amide bonds. The lowest BCUT2D eigenvalue weighted by Gasteiger charge is -2.32. The molecule has 1 aromatic rings. The lowest BCUT2D eigenvalue weighted by molar-refractivity contribution is -0.119. The van der Waals surface area contributed by atoms with Crippen molar-refractivity contribution in [3.63, 3.8) is 0 Å². The Morgan fingerprint density at radius 1 is 1.26 bits per heavy atom. The Balaban J connectivity index is 1.38. The first-order chi connectivity index (χ1) is 16.2. The van der Waals surface area contributed by atoms with E-state index in [1.54, 1.807) is 12.1 Å². The molecule has 3 heterocycles. The molecule has 5 rings (SSSR count). The Bertz CT molecular complexity index is 1240. The normalized spacial score (nSPS) is 27.9. The summed E-state index contributed by atoms with van der Waals surface area (Å²) in [5.41, 5.74) is 2.42. The number of anilines is 2. The van der Waals surface area contributed by atoms with E-state index in [0.29, 0.717) is 26.6 Å². The second-order valence-corrected chi connectivity index (χ2v) is 16.0. The molecule has 7 nitrogen and oxygen atoms in total. The van der Waals surface area contributed by atoms with Crippen molar-refractivity contribution < 1.29 is 17.9 Å². The van der Waals surface area contributed by atoms with Crippen molar-refractivity contribution in [2.45, 2.75) is 82.2 Å². The number of hydrogen-bond donors (Lipinski definition) is 1.